The summed E-state index contributed by atoms with van der Waals surface area (Å²) in [7, 11) is 1.96. The Balaban J connectivity index is 2.49. The molecule has 3 heteroatoms. The van der Waals surface area contributed by atoms with Gasteiger partial charge in [-0.2, -0.15) is 5.10 Å². The van der Waals surface area contributed by atoms with Crippen LogP contribution in [0.15, 0.2) is 6.20 Å². The van der Waals surface area contributed by atoms with Crippen LogP contribution < -0.4 is 5.32 Å². The maximum atomic E-state index is 4.29. The summed E-state index contributed by atoms with van der Waals surface area (Å²) in [5.74, 6) is 0. The molecule has 0 spiro atoms. The molecule has 74 valence electrons. The number of aryl methyl sites for hydroxylation is 2. The molecule has 1 N–H and O–H groups in total. The van der Waals surface area contributed by atoms with E-state index in [0.717, 1.165) is 12.2 Å². The van der Waals surface area contributed by atoms with E-state index in [1.54, 1.807) is 0 Å². The van der Waals surface area contributed by atoms with Gasteiger partial charge in [-0.3, -0.25) is 4.68 Å². The van der Waals surface area contributed by atoms with Crippen molar-refractivity contribution in [2.45, 2.75) is 39.8 Å². The van der Waals surface area contributed by atoms with E-state index in [9.17, 15) is 0 Å². The summed E-state index contributed by atoms with van der Waals surface area (Å²) in [4.78, 5) is 0. The van der Waals surface area contributed by atoms with Crippen molar-refractivity contribution in [3.05, 3.63) is 17.5 Å². The molecule has 1 unspecified atom stereocenters. The van der Waals surface area contributed by atoms with Crippen LogP contribution in [0.4, 0.5) is 0 Å². The van der Waals surface area contributed by atoms with Crippen LogP contribution in [-0.4, -0.2) is 15.8 Å². The third-order valence-corrected chi connectivity index (χ3v) is 2.37. The lowest BCUT2D eigenvalue weighted by Gasteiger charge is -2.09. The van der Waals surface area contributed by atoms with Gasteiger partial charge in [-0.15, -0.1) is 0 Å². The van der Waals surface area contributed by atoms with E-state index in [0.29, 0.717) is 6.04 Å². The molecule has 0 radical (unpaired) electrons. The normalized spacial score (nSPS) is 13.2. The first-order valence-corrected chi connectivity index (χ1v) is 4.86. The molecule has 0 aliphatic heterocycles. The molecule has 1 aromatic rings. The van der Waals surface area contributed by atoms with Gasteiger partial charge < -0.3 is 5.32 Å². The van der Waals surface area contributed by atoms with Gasteiger partial charge in [-0.1, -0.05) is 6.92 Å². The lowest BCUT2D eigenvalue weighted by atomic mass is 10.2. The minimum absolute atomic E-state index is 0.583. The molecule has 1 heterocycles. The van der Waals surface area contributed by atoms with Crippen LogP contribution in [0.1, 0.15) is 31.5 Å². The molecule has 0 fully saturated rings. The first-order chi connectivity index (χ1) is 6.13. The molecule has 0 bridgehead atoms. The maximum Gasteiger partial charge on any atom is 0.0638 e. The Morgan fingerprint density at radius 1 is 1.62 bits per heavy atom. The Bertz CT molecular complexity index is 265. The molecule has 1 rings (SSSR count). The highest BCUT2D eigenvalue weighted by atomic mass is 15.2. The molecule has 1 atom stereocenters. The number of nitrogens with zero attached hydrogens (tertiary/aromatic N) is 2. The monoisotopic (exact) mass is 181 g/mol. The van der Waals surface area contributed by atoms with Gasteiger partial charge in [0.15, 0.2) is 0 Å². The van der Waals surface area contributed by atoms with Gasteiger partial charge >= 0.3 is 0 Å². The third-order valence-electron chi connectivity index (χ3n) is 2.37. The molecular weight excluding hydrogens is 162 g/mol. The minimum Gasteiger partial charge on any atom is -0.310 e. The molecule has 3 nitrogen and oxygen atoms in total. The Morgan fingerprint density at radius 3 is 2.77 bits per heavy atom. The third kappa shape index (κ3) is 2.84. The number of aromatic nitrogens is 2. The standard InChI is InChI=1S/C10H19N3/c1-5-8(2)11-6-10-7-13(4)12-9(10)3/h7-8,11H,5-6H2,1-4H3. The zero-order valence-electron chi connectivity index (χ0n) is 8.96. The van der Waals surface area contributed by atoms with Crippen molar-refractivity contribution in [3.63, 3.8) is 0 Å². The van der Waals surface area contributed by atoms with Gasteiger partial charge in [-0.25, -0.2) is 0 Å². The zero-order chi connectivity index (χ0) is 9.84. The van der Waals surface area contributed by atoms with Gasteiger partial charge in [0.25, 0.3) is 0 Å². The second-order valence-electron chi connectivity index (χ2n) is 3.60. The van der Waals surface area contributed by atoms with E-state index >= 15 is 0 Å². The van der Waals surface area contributed by atoms with Gasteiger partial charge in [0.05, 0.1) is 5.69 Å². The van der Waals surface area contributed by atoms with Crippen LogP contribution >= 0.6 is 0 Å². The first kappa shape index (κ1) is 10.3. The highest BCUT2D eigenvalue weighted by Gasteiger charge is 2.03. The summed E-state index contributed by atoms with van der Waals surface area (Å²) in [6, 6.07) is 0.583. The predicted molar refractivity (Wildman–Crippen MR) is 54.5 cm³/mol. The van der Waals surface area contributed by atoms with Crippen molar-refractivity contribution in [1.29, 1.82) is 0 Å². The fourth-order valence-electron chi connectivity index (χ4n) is 1.25. The summed E-state index contributed by atoms with van der Waals surface area (Å²) in [6.07, 6.45) is 3.24. The number of hydrogen-bond acceptors (Lipinski definition) is 2. The molecule has 0 aliphatic carbocycles. The van der Waals surface area contributed by atoms with Crippen LogP contribution in [0.2, 0.25) is 0 Å². The van der Waals surface area contributed by atoms with Crippen molar-refractivity contribution in [1.82, 2.24) is 15.1 Å². The smallest absolute Gasteiger partial charge is 0.0638 e. The first-order valence-electron chi connectivity index (χ1n) is 4.86. The Hall–Kier alpha value is -0.830. The SMILES string of the molecule is CCC(C)NCc1cn(C)nc1C. The summed E-state index contributed by atoms with van der Waals surface area (Å²) in [5.41, 5.74) is 2.42. The Morgan fingerprint density at radius 2 is 2.31 bits per heavy atom. The average molecular weight is 181 g/mol. The van der Waals surface area contributed by atoms with Crippen LogP contribution in [0.5, 0.6) is 0 Å². The maximum absolute atomic E-state index is 4.29. The number of hydrogen-bond donors (Lipinski definition) is 1. The lowest BCUT2D eigenvalue weighted by Crippen LogP contribution is -2.24. The molecule has 0 saturated heterocycles. The molecule has 0 aliphatic rings. The second-order valence-corrected chi connectivity index (χ2v) is 3.60. The quantitative estimate of drug-likeness (QED) is 0.765. The van der Waals surface area contributed by atoms with Crippen molar-refractivity contribution >= 4 is 0 Å². The van der Waals surface area contributed by atoms with Gasteiger partial charge in [0.2, 0.25) is 0 Å². The fourth-order valence-corrected chi connectivity index (χ4v) is 1.25. The van der Waals surface area contributed by atoms with Crippen LogP contribution in [0, 0.1) is 6.92 Å². The van der Waals surface area contributed by atoms with E-state index < -0.39 is 0 Å². The highest BCUT2D eigenvalue weighted by Crippen LogP contribution is 2.04. The molecule has 0 aromatic carbocycles. The van der Waals surface area contributed by atoms with Crippen molar-refractivity contribution in [3.8, 4) is 0 Å². The lowest BCUT2D eigenvalue weighted by molar-refractivity contribution is 0.533. The fraction of sp³-hybridized carbons (Fsp3) is 0.700. The summed E-state index contributed by atoms with van der Waals surface area (Å²) in [5, 5.41) is 7.74. The minimum atomic E-state index is 0.583. The number of nitrogens with one attached hydrogen (secondary N) is 1. The van der Waals surface area contributed by atoms with Crippen LogP contribution in [-0.2, 0) is 13.6 Å². The van der Waals surface area contributed by atoms with E-state index in [-0.39, 0.29) is 0 Å². The Kier molecular flexibility index (Phi) is 3.48. The van der Waals surface area contributed by atoms with Gasteiger partial charge in [0.1, 0.15) is 0 Å². The predicted octanol–water partition coefficient (Wildman–Crippen LogP) is 1.62. The highest BCUT2D eigenvalue weighted by molar-refractivity contribution is 5.14. The zero-order valence-corrected chi connectivity index (χ0v) is 8.96. The number of rotatable bonds is 4. The largest absolute Gasteiger partial charge is 0.310 e. The average Bonchev–Trinajstić information content (AvgIpc) is 2.41. The summed E-state index contributed by atoms with van der Waals surface area (Å²) < 4.78 is 1.86. The van der Waals surface area contributed by atoms with Crippen molar-refractivity contribution < 1.29 is 0 Å². The molecule has 0 saturated carbocycles. The van der Waals surface area contributed by atoms with E-state index in [1.807, 2.05) is 18.7 Å². The topological polar surface area (TPSA) is 29.9 Å². The van der Waals surface area contributed by atoms with Crippen LogP contribution in [0.25, 0.3) is 0 Å². The Labute approximate surface area is 80.1 Å². The molecule has 13 heavy (non-hydrogen) atoms. The van der Waals surface area contributed by atoms with E-state index in [4.69, 9.17) is 0 Å². The molecular formula is C10H19N3. The molecule has 0 amide bonds. The second kappa shape index (κ2) is 4.42. The van der Waals surface area contributed by atoms with Crippen LogP contribution in [0.3, 0.4) is 0 Å². The summed E-state index contributed by atoms with van der Waals surface area (Å²) in [6.45, 7) is 7.36. The van der Waals surface area contributed by atoms with Crippen molar-refractivity contribution in [2.24, 2.45) is 7.05 Å². The van der Waals surface area contributed by atoms with E-state index in [2.05, 4.69) is 30.5 Å². The van der Waals surface area contributed by atoms with Gasteiger partial charge in [0, 0.05) is 31.4 Å². The summed E-state index contributed by atoms with van der Waals surface area (Å²) >= 11 is 0. The van der Waals surface area contributed by atoms with E-state index in [1.165, 1.54) is 12.0 Å². The van der Waals surface area contributed by atoms with Gasteiger partial charge in [-0.05, 0) is 20.3 Å². The van der Waals surface area contributed by atoms with Crippen molar-refractivity contribution in [2.75, 3.05) is 0 Å². The molecule has 1 aromatic heterocycles.